The molecule has 0 bridgehead atoms. The minimum absolute atomic E-state index is 0.0888. The number of nitrogens with zero attached hydrogens (tertiary/aromatic N) is 2. The SMILES string of the molecule is NCC1CCCN1C(=O)CCNC(=O)N1CCc2ccccc2C1. The van der Waals surface area contributed by atoms with Crippen molar-refractivity contribution in [2.75, 3.05) is 26.2 Å². The Morgan fingerprint density at radius 2 is 2.00 bits per heavy atom. The molecule has 1 atom stereocenters. The molecule has 0 radical (unpaired) electrons. The van der Waals surface area contributed by atoms with E-state index in [1.54, 1.807) is 0 Å². The smallest absolute Gasteiger partial charge is 0.317 e. The Morgan fingerprint density at radius 1 is 1.21 bits per heavy atom. The number of benzene rings is 1. The summed E-state index contributed by atoms with van der Waals surface area (Å²) in [6, 6.07) is 8.31. The zero-order chi connectivity index (χ0) is 16.9. The lowest BCUT2D eigenvalue weighted by molar-refractivity contribution is -0.131. The fraction of sp³-hybridized carbons (Fsp3) is 0.556. The predicted octanol–water partition coefficient (Wildman–Crippen LogP) is 1.09. The highest BCUT2D eigenvalue weighted by atomic mass is 16.2. The van der Waals surface area contributed by atoms with Crippen LogP contribution in [0.3, 0.4) is 0 Å². The molecule has 0 aromatic heterocycles. The molecule has 6 heteroatoms. The van der Waals surface area contributed by atoms with Crippen LogP contribution >= 0.6 is 0 Å². The van der Waals surface area contributed by atoms with Gasteiger partial charge < -0.3 is 20.9 Å². The van der Waals surface area contributed by atoms with Gasteiger partial charge in [-0.1, -0.05) is 24.3 Å². The third-order valence-electron chi connectivity index (χ3n) is 5.00. The second kappa shape index (κ2) is 7.66. The molecule has 3 amide bonds. The molecule has 3 N–H and O–H groups in total. The van der Waals surface area contributed by atoms with Crippen molar-refractivity contribution in [1.82, 2.24) is 15.1 Å². The highest BCUT2D eigenvalue weighted by molar-refractivity contribution is 5.79. The van der Waals surface area contributed by atoms with Gasteiger partial charge in [-0.25, -0.2) is 4.79 Å². The van der Waals surface area contributed by atoms with Crippen LogP contribution in [0.25, 0.3) is 0 Å². The van der Waals surface area contributed by atoms with Gasteiger partial charge in [0.1, 0.15) is 0 Å². The first-order valence-electron chi connectivity index (χ1n) is 8.78. The number of likely N-dealkylation sites (tertiary alicyclic amines) is 1. The van der Waals surface area contributed by atoms with E-state index in [9.17, 15) is 9.59 Å². The van der Waals surface area contributed by atoms with Crippen LogP contribution in [0.2, 0.25) is 0 Å². The maximum Gasteiger partial charge on any atom is 0.317 e. The van der Waals surface area contributed by atoms with E-state index in [1.807, 2.05) is 21.9 Å². The molecule has 1 aromatic carbocycles. The molecule has 6 nitrogen and oxygen atoms in total. The number of nitrogens with two attached hydrogens (primary N) is 1. The largest absolute Gasteiger partial charge is 0.338 e. The van der Waals surface area contributed by atoms with Crippen LogP contribution in [-0.2, 0) is 17.8 Å². The lowest BCUT2D eigenvalue weighted by Crippen LogP contribution is -2.45. The van der Waals surface area contributed by atoms with Gasteiger partial charge in [0.05, 0.1) is 0 Å². The zero-order valence-electron chi connectivity index (χ0n) is 14.0. The fourth-order valence-corrected chi connectivity index (χ4v) is 3.61. The topological polar surface area (TPSA) is 78.7 Å². The van der Waals surface area contributed by atoms with Crippen LogP contribution in [0.15, 0.2) is 24.3 Å². The summed E-state index contributed by atoms with van der Waals surface area (Å²) in [6.07, 6.45) is 3.23. The van der Waals surface area contributed by atoms with E-state index in [0.29, 0.717) is 26.1 Å². The number of fused-ring (bicyclic) bond motifs is 1. The Hall–Kier alpha value is -2.08. The molecule has 1 unspecified atom stereocenters. The maximum absolute atomic E-state index is 12.3. The lowest BCUT2D eigenvalue weighted by Gasteiger charge is -2.29. The van der Waals surface area contributed by atoms with Crippen molar-refractivity contribution in [3.8, 4) is 0 Å². The number of carbonyl (C=O) groups is 2. The van der Waals surface area contributed by atoms with E-state index in [-0.39, 0.29) is 18.0 Å². The monoisotopic (exact) mass is 330 g/mol. The van der Waals surface area contributed by atoms with Crippen molar-refractivity contribution in [3.63, 3.8) is 0 Å². The van der Waals surface area contributed by atoms with Gasteiger partial charge in [-0.3, -0.25) is 4.79 Å². The van der Waals surface area contributed by atoms with Crippen LogP contribution in [0.5, 0.6) is 0 Å². The molecule has 3 rings (SSSR count). The van der Waals surface area contributed by atoms with E-state index in [1.165, 1.54) is 11.1 Å². The summed E-state index contributed by atoms with van der Waals surface area (Å²) in [7, 11) is 0. The normalized spacial score (nSPS) is 20.0. The zero-order valence-corrected chi connectivity index (χ0v) is 14.0. The first-order chi connectivity index (χ1) is 11.7. The van der Waals surface area contributed by atoms with E-state index in [0.717, 1.165) is 32.4 Å². The van der Waals surface area contributed by atoms with Gasteiger partial charge in [-0.2, -0.15) is 0 Å². The Kier molecular flexibility index (Phi) is 5.35. The molecule has 2 aliphatic rings. The van der Waals surface area contributed by atoms with Gasteiger partial charge >= 0.3 is 6.03 Å². The molecular weight excluding hydrogens is 304 g/mol. The summed E-state index contributed by atoms with van der Waals surface area (Å²) in [5.74, 6) is 0.0900. The third-order valence-corrected chi connectivity index (χ3v) is 5.00. The Bertz CT molecular complexity index is 604. The van der Waals surface area contributed by atoms with Crippen LogP contribution in [0.1, 0.15) is 30.4 Å². The highest BCUT2D eigenvalue weighted by Crippen LogP contribution is 2.19. The van der Waals surface area contributed by atoms with Gasteiger partial charge in [-0.05, 0) is 30.4 Å². The summed E-state index contributed by atoms with van der Waals surface area (Å²) in [4.78, 5) is 28.2. The van der Waals surface area contributed by atoms with E-state index < -0.39 is 0 Å². The molecule has 0 spiro atoms. The molecule has 1 fully saturated rings. The van der Waals surface area contributed by atoms with Crippen LogP contribution in [-0.4, -0.2) is 54.0 Å². The Labute approximate surface area is 143 Å². The molecule has 1 aromatic rings. The number of rotatable bonds is 4. The van der Waals surface area contributed by atoms with E-state index in [4.69, 9.17) is 5.73 Å². The standard InChI is InChI=1S/C18H26N4O2/c19-12-16-6-3-10-22(16)17(23)7-9-20-18(24)21-11-8-14-4-1-2-5-15(14)13-21/h1-2,4-5,16H,3,6-13,19H2,(H,20,24). The second-order valence-corrected chi connectivity index (χ2v) is 6.54. The minimum atomic E-state index is -0.0888. The lowest BCUT2D eigenvalue weighted by atomic mass is 10.0. The summed E-state index contributed by atoms with van der Waals surface area (Å²) < 4.78 is 0. The van der Waals surface area contributed by atoms with Crippen molar-refractivity contribution in [2.24, 2.45) is 5.73 Å². The summed E-state index contributed by atoms with van der Waals surface area (Å²) in [6.45, 7) is 3.04. The molecule has 0 saturated carbocycles. The number of nitrogens with one attached hydrogen (secondary N) is 1. The van der Waals surface area contributed by atoms with Crippen molar-refractivity contribution >= 4 is 11.9 Å². The van der Waals surface area contributed by atoms with Crippen LogP contribution in [0, 0.1) is 0 Å². The molecule has 130 valence electrons. The molecule has 2 heterocycles. The molecule has 24 heavy (non-hydrogen) atoms. The number of carbonyl (C=O) groups excluding carboxylic acids is 2. The van der Waals surface area contributed by atoms with Gasteiger partial charge in [0.15, 0.2) is 0 Å². The summed E-state index contributed by atoms with van der Waals surface area (Å²) in [5.41, 5.74) is 8.23. The van der Waals surface area contributed by atoms with Crippen LogP contribution < -0.4 is 11.1 Å². The number of amides is 3. The molecule has 0 aliphatic carbocycles. The average molecular weight is 330 g/mol. The van der Waals surface area contributed by atoms with Crippen molar-refractivity contribution in [3.05, 3.63) is 35.4 Å². The first-order valence-corrected chi connectivity index (χ1v) is 8.78. The molecular formula is C18H26N4O2. The minimum Gasteiger partial charge on any atom is -0.338 e. The first kappa shape index (κ1) is 16.8. The van der Waals surface area contributed by atoms with Gasteiger partial charge in [-0.15, -0.1) is 0 Å². The van der Waals surface area contributed by atoms with Crippen LogP contribution in [0.4, 0.5) is 4.79 Å². The van der Waals surface area contributed by atoms with E-state index in [2.05, 4.69) is 17.4 Å². The summed E-state index contributed by atoms with van der Waals surface area (Å²) in [5, 5.41) is 2.88. The highest BCUT2D eigenvalue weighted by Gasteiger charge is 2.27. The Morgan fingerprint density at radius 3 is 2.79 bits per heavy atom. The number of hydrogen-bond donors (Lipinski definition) is 2. The van der Waals surface area contributed by atoms with Gasteiger partial charge in [0, 0.05) is 45.2 Å². The van der Waals surface area contributed by atoms with Gasteiger partial charge in [0.2, 0.25) is 5.91 Å². The summed E-state index contributed by atoms with van der Waals surface area (Å²) >= 11 is 0. The third kappa shape index (κ3) is 3.70. The van der Waals surface area contributed by atoms with Crippen molar-refractivity contribution in [2.45, 2.75) is 38.3 Å². The second-order valence-electron chi connectivity index (χ2n) is 6.54. The molecule has 2 aliphatic heterocycles. The molecule has 1 saturated heterocycles. The van der Waals surface area contributed by atoms with E-state index >= 15 is 0 Å². The van der Waals surface area contributed by atoms with Crippen molar-refractivity contribution in [1.29, 1.82) is 0 Å². The predicted molar refractivity (Wildman–Crippen MR) is 92.4 cm³/mol. The Balaban J connectivity index is 1.44. The average Bonchev–Trinajstić information content (AvgIpc) is 3.10. The van der Waals surface area contributed by atoms with Crippen molar-refractivity contribution < 1.29 is 9.59 Å². The quantitative estimate of drug-likeness (QED) is 0.867. The number of urea groups is 1. The maximum atomic E-state index is 12.3. The van der Waals surface area contributed by atoms with Gasteiger partial charge in [0.25, 0.3) is 0 Å². The fourth-order valence-electron chi connectivity index (χ4n) is 3.61. The number of hydrogen-bond acceptors (Lipinski definition) is 3.